The second-order valence-corrected chi connectivity index (χ2v) is 6.99. The van der Waals surface area contributed by atoms with Crippen LogP contribution in [0.1, 0.15) is 0 Å². The maximum absolute atomic E-state index is 10.8. The van der Waals surface area contributed by atoms with Gasteiger partial charge in [0.2, 0.25) is 0 Å². The number of methoxy groups -OCH3 is 1. The zero-order chi connectivity index (χ0) is 19.2. The van der Waals surface area contributed by atoms with E-state index in [9.17, 15) is 4.79 Å². The van der Waals surface area contributed by atoms with Crippen molar-refractivity contribution in [1.29, 1.82) is 0 Å². The SMILES string of the molecule is COc1cnn(-c2ccc(Br)cc2)n1.O=c1cnn(-c2ccc(Br)cc2)[nH]1. The average Bonchev–Trinajstić information content (AvgIpc) is 3.33. The van der Waals surface area contributed by atoms with E-state index in [4.69, 9.17) is 4.74 Å². The average molecular weight is 494 g/mol. The fourth-order valence-corrected chi connectivity index (χ4v) is 2.56. The normalized spacial score (nSPS) is 10.2. The van der Waals surface area contributed by atoms with Crippen molar-refractivity contribution in [3.8, 4) is 17.3 Å². The predicted octanol–water partition coefficient (Wildman–Crippen LogP) is 3.36. The third-order valence-corrected chi connectivity index (χ3v) is 4.37. The molecule has 10 heteroatoms. The van der Waals surface area contributed by atoms with Crippen LogP contribution in [0.3, 0.4) is 0 Å². The standard InChI is InChI=1S/C9H8BrN3O.C8H6BrN3O/c1-14-9-6-11-13(12-9)8-4-2-7(10)3-5-8;9-6-1-3-7(4-2-6)12-10-5-8(13)11-12/h2-6H,1H3;1-5H,(H,11,13). The van der Waals surface area contributed by atoms with E-state index in [-0.39, 0.29) is 5.56 Å². The third-order valence-electron chi connectivity index (χ3n) is 3.32. The number of ether oxygens (including phenoxy) is 1. The van der Waals surface area contributed by atoms with Gasteiger partial charge in [-0.15, -0.1) is 9.90 Å². The van der Waals surface area contributed by atoms with Crippen LogP contribution in [0.2, 0.25) is 0 Å². The van der Waals surface area contributed by atoms with Crippen LogP contribution in [-0.4, -0.2) is 37.1 Å². The van der Waals surface area contributed by atoms with E-state index in [0.717, 1.165) is 20.3 Å². The van der Waals surface area contributed by atoms with Gasteiger partial charge in [0.15, 0.2) is 0 Å². The Morgan fingerprint density at radius 3 is 1.96 bits per heavy atom. The van der Waals surface area contributed by atoms with Crippen LogP contribution in [0.25, 0.3) is 11.4 Å². The summed E-state index contributed by atoms with van der Waals surface area (Å²) in [5, 5.41) is 14.5. The Kier molecular flexibility index (Phi) is 6.20. The quantitative estimate of drug-likeness (QED) is 0.472. The summed E-state index contributed by atoms with van der Waals surface area (Å²) in [6.07, 6.45) is 2.81. The molecule has 4 aromatic rings. The number of hydrogen-bond acceptors (Lipinski definition) is 5. The molecule has 2 aromatic carbocycles. The Morgan fingerprint density at radius 1 is 0.889 bits per heavy atom. The van der Waals surface area contributed by atoms with Gasteiger partial charge in [-0.1, -0.05) is 31.9 Å². The highest BCUT2D eigenvalue weighted by Crippen LogP contribution is 2.14. The summed E-state index contributed by atoms with van der Waals surface area (Å²) in [4.78, 5) is 13.7. The first-order chi connectivity index (χ1) is 13.0. The van der Waals surface area contributed by atoms with Crippen LogP contribution < -0.4 is 10.3 Å². The fourth-order valence-electron chi connectivity index (χ4n) is 2.03. The summed E-state index contributed by atoms with van der Waals surface area (Å²) in [5.74, 6) is 0.507. The third kappa shape index (κ3) is 5.14. The second kappa shape index (κ2) is 8.78. The van der Waals surface area contributed by atoms with Crippen LogP contribution in [-0.2, 0) is 0 Å². The van der Waals surface area contributed by atoms with Crippen molar-refractivity contribution >= 4 is 31.9 Å². The maximum Gasteiger partial charge on any atom is 0.284 e. The molecule has 4 rings (SSSR count). The van der Waals surface area contributed by atoms with E-state index in [0.29, 0.717) is 5.88 Å². The molecule has 0 saturated carbocycles. The highest BCUT2D eigenvalue weighted by molar-refractivity contribution is 9.10. The highest BCUT2D eigenvalue weighted by Gasteiger charge is 2.01. The number of benzene rings is 2. The van der Waals surface area contributed by atoms with Crippen molar-refractivity contribution in [2.45, 2.75) is 0 Å². The molecule has 0 radical (unpaired) electrons. The smallest absolute Gasteiger partial charge is 0.284 e. The van der Waals surface area contributed by atoms with E-state index in [1.807, 2.05) is 48.5 Å². The Labute approximate surface area is 171 Å². The Hall–Kier alpha value is -2.72. The lowest BCUT2D eigenvalue weighted by molar-refractivity contribution is 0.394. The first-order valence-electron chi connectivity index (χ1n) is 7.68. The van der Waals surface area contributed by atoms with Gasteiger partial charge >= 0.3 is 0 Å². The molecule has 2 heterocycles. The molecular weight excluding hydrogens is 480 g/mol. The zero-order valence-corrected chi connectivity index (χ0v) is 17.3. The monoisotopic (exact) mass is 492 g/mol. The van der Waals surface area contributed by atoms with Crippen molar-refractivity contribution in [3.63, 3.8) is 0 Å². The summed E-state index contributed by atoms with van der Waals surface area (Å²) < 4.78 is 6.96. The lowest BCUT2D eigenvalue weighted by atomic mass is 10.3. The van der Waals surface area contributed by atoms with Crippen LogP contribution in [0.4, 0.5) is 0 Å². The second-order valence-electron chi connectivity index (χ2n) is 5.16. The molecular formula is C17H14Br2N6O2. The molecule has 0 amide bonds. The molecule has 2 aromatic heterocycles. The van der Waals surface area contributed by atoms with Gasteiger partial charge in [0.1, 0.15) is 12.4 Å². The molecule has 0 saturated heterocycles. The van der Waals surface area contributed by atoms with Gasteiger partial charge in [-0.2, -0.15) is 15.0 Å². The predicted molar refractivity (Wildman–Crippen MR) is 107 cm³/mol. The zero-order valence-electron chi connectivity index (χ0n) is 14.1. The molecule has 0 aliphatic rings. The van der Waals surface area contributed by atoms with Crippen LogP contribution in [0.15, 0.2) is 74.7 Å². The minimum atomic E-state index is -0.206. The van der Waals surface area contributed by atoms with E-state index in [1.165, 1.54) is 15.8 Å². The first-order valence-corrected chi connectivity index (χ1v) is 9.26. The van der Waals surface area contributed by atoms with Crippen molar-refractivity contribution in [2.24, 2.45) is 0 Å². The number of halogens is 2. The number of nitrogens with zero attached hydrogens (tertiary/aromatic N) is 5. The largest absolute Gasteiger partial charge is 0.479 e. The van der Waals surface area contributed by atoms with Gasteiger partial charge < -0.3 is 4.74 Å². The molecule has 138 valence electrons. The maximum atomic E-state index is 10.8. The van der Waals surface area contributed by atoms with Gasteiger partial charge in [-0.3, -0.25) is 4.79 Å². The summed E-state index contributed by atoms with van der Waals surface area (Å²) >= 11 is 6.68. The number of H-pyrrole nitrogens is 1. The topological polar surface area (TPSA) is 90.6 Å². The summed E-state index contributed by atoms with van der Waals surface area (Å²) in [6.45, 7) is 0. The van der Waals surface area contributed by atoms with Crippen molar-refractivity contribution in [2.75, 3.05) is 7.11 Å². The van der Waals surface area contributed by atoms with Gasteiger partial charge in [-0.05, 0) is 48.5 Å². The fraction of sp³-hybridized carbons (Fsp3) is 0.0588. The molecule has 0 atom stereocenters. The molecule has 0 bridgehead atoms. The minimum Gasteiger partial charge on any atom is -0.479 e. The van der Waals surface area contributed by atoms with E-state index >= 15 is 0 Å². The van der Waals surface area contributed by atoms with E-state index < -0.39 is 0 Å². The Morgan fingerprint density at radius 2 is 1.48 bits per heavy atom. The van der Waals surface area contributed by atoms with Crippen LogP contribution in [0.5, 0.6) is 5.88 Å². The van der Waals surface area contributed by atoms with Crippen molar-refractivity contribution < 1.29 is 4.74 Å². The Bertz CT molecular complexity index is 1050. The van der Waals surface area contributed by atoms with Gasteiger partial charge in [0.05, 0.1) is 18.5 Å². The molecule has 1 N–H and O–H groups in total. The molecule has 0 aliphatic carbocycles. The molecule has 0 unspecified atom stereocenters. The molecule has 0 spiro atoms. The van der Waals surface area contributed by atoms with E-state index in [2.05, 4.69) is 52.3 Å². The van der Waals surface area contributed by atoms with Crippen LogP contribution >= 0.6 is 31.9 Å². The minimum absolute atomic E-state index is 0.206. The molecule has 27 heavy (non-hydrogen) atoms. The van der Waals surface area contributed by atoms with Gasteiger partial charge in [0, 0.05) is 8.95 Å². The molecule has 8 nitrogen and oxygen atoms in total. The Balaban J connectivity index is 0.000000156. The number of nitrogens with one attached hydrogen (secondary N) is 1. The van der Waals surface area contributed by atoms with E-state index in [1.54, 1.807) is 13.3 Å². The van der Waals surface area contributed by atoms with Gasteiger partial charge in [-0.25, -0.2) is 5.10 Å². The van der Waals surface area contributed by atoms with Crippen molar-refractivity contribution in [1.82, 2.24) is 30.0 Å². The lowest BCUT2D eigenvalue weighted by Gasteiger charge is -1.98. The molecule has 0 aliphatic heterocycles. The molecule has 0 fully saturated rings. The number of rotatable bonds is 3. The number of aromatic amines is 1. The number of aromatic nitrogens is 6. The first kappa shape index (κ1) is 19.1. The summed E-state index contributed by atoms with van der Waals surface area (Å²) in [5.41, 5.74) is 1.52. The van der Waals surface area contributed by atoms with Crippen LogP contribution in [0, 0.1) is 0 Å². The van der Waals surface area contributed by atoms with Crippen molar-refractivity contribution in [3.05, 3.63) is 80.2 Å². The highest BCUT2D eigenvalue weighted by atomic mass is 79.9. The van der Waals surface area contributed by atoms with Gasteiger partial charge in [0.25, 0.3) is 11.4 Å². The number of hydrogen-bond donors (Lipinski definition) is 1. The summed E-state index contributed by atoms with van der Waals surface area (Å²) in [7, 11) is 1.57. The lowest BCUT2D eigenvalue weighted by Crippen LogP contribution is -2.03. The summed E-state index contributed by atoms with van der Waals surface area (Å²) in [6, 6.07) is 15.2.